The number of benzene rings is 4. The summed E-state index contributed by atoms with van der Waals surface area (Å²) in [6.07, 6.45) is 4.23. The molecule has 1 saturated carbocycles. The van der Waals surface area contributed by atoms with E-state index in [1.54, 1.807) is 41.3 Å². The second-order valence-corrected chi connectivity index (χ2v) is 13.7. The first kappa shape index (κ1) is 32.0. The Labute approximate surface area is 266 Å². The van der Waals surface area contributed by atoms with Gasteiger partial charge in [0.1, 0.15) is 12.6 Å². The van der Waals surface area contributed by atoms with Crippen LogP contribution in [0.2, 0.25) is 0 Å². The molecule has 1 aliphatic rings. The van der Waals surface area contributed by atoms with E-state index in [1.165, 1.54) is 0 Å². The van der Waals surface area contributed by atoms with Gasteiger partial charge in [-0.3, -0.25) is 13.9 Å². The molecular formula is C37H41N3O4S. The third kappa shape index (κ3) is 8.19. The zero-order valence-corrected chi connectivity index (χ0v) is 26.7. The first-order valence-corrected chi connectivity index (χ1v) is 17.0. The number of aryl methyl sites for hydroxylation is 2. The predicted octanol–water partition coefficient (Wildman–Crippen LogP) is 6.20. The van der Waals surface area contributed by atoms with E-state index in [0.717, 1.165) is 52.2 Å². The number of carbonyl (C=O) groups excluding carboxylic acids is 2. The zero-order chi connectivity index (χ0) is 31.8. The minimum atomic E-state index is -4.12. The van der Waals surface area contributed by atoms with Gasteiger partial charge < -0.3 is 10.2 Å². The van der Waals surface area contributed by atoms with Crippen LogP contribution < -0.4 is 9.62 Å². The summed E-state index contributed by atoms with van der Waals surface area (Å²) in [6.45, 7) is 3.50. The second-order valence-electron chi connectivity index (χ2n) is 11.9. The molecule has 0 saturated heterocycles. The van der Waals surface area contributed by atoms with Gasteiger partial charge in [-0.05, 0) is 62.1 Å². The van der Waals surface area contributed by atoms with E-state index in [9.17, 15) is 18.0 Å². The maximum atomic E-state index is 14.5. The van der Waals surface area contributed by atoms with E-state index in [-0.39, 0.29) is 23.4 Å². The van der Waals surface area contributed by atoms with Crippen molar-refractivity contribution in [2.24, 2.45) is 0 Å². The summed E-state index contributed by atoms with van der Waals surface area (Å²) in [7, 11) is -4.12. The van der Waals surface area contributed by atoms with Crippen molar-refractivity contribution in [2.75, 3.05) is 10.8 Å². The highest BCUT2D eigenvalue weighted by molar-refractivity contribution is 7.92. The number of nitrogens with zero attached hydrogens (tertiary/aromatic N) is 2. The third-order valence-corrected chi connectivity index (χ3v) is 10.2. The van der Waals surface area contributed by atoms with E-state index in [4.69, 9.17) is 0 Å². The summed E-state index contributed by atoms with van der Waals surface area (Å²) >= 11 is 0. The first-order valence-electron chi connectivity index (χ1n) is 15.5. The van der Waals surface area contributed by atoms with Gasteiger partial charge >= 0.3 is 0 Å². The number of carbonyl (C=O) groups is 2. The molecule has 0 aliphatic heterocycles. The molecule has 45 heavy (non-hydrogen) atoms. The van der Waals surface area contributed by atoms with Crippen molar-refractivity contribution >= 4 is 27.5 Å². The Bertz CT molecular complexity index is 1670. The molecule has 0 bridgehead atoms. The Hall–Kier alpha value is -4.43. The third-order valence-electron chi connectivity index (χ3n) is 8.38. The fourth-order valence-corrected chi connectivity index (χ4v) is 7.19. The summed E-state index contributed by atoms with van der Waals surface area (Å²) < 4.78 is 29.5. The van der Waals surface area contributed by atoms with Crippen LogP contribution in [0.5, 0.6) is 0 Å². The second kappa shape index (κ2) is 14.6. The highest BCUT2D eigenvalue weighted by Crippen LogP contribution is 2.26. The van der Waals surface area contributed by atoms with Crippen LogP contribution >= 0.6 is 0 Å². The molecule has 0 aromatic heterocycles. The SMILES string of the molecule is Cc1ccc(N(CC(=O)N(Cc2ccccc2)[C@H](Cc2ccccc2)C(=O)NC2CCCC2)S(=O)(=O)c2ccc(C)cc2)cc1. The summed E-state index contributed by atoms with van der Waals surface area (Å²) in [5, 5.41) is 3.21. The van der Waals surface area contributed by atoms with Crippen LogP contribution in [-0.2, 0) is 32.6 Å². The zero-order valence-electron chi connectivity index (χ0n) is 25.9. The fraction of sp³-hybridized carbons (Fsp3) is 0.297. The molecule has 1 aliphatic carbocycles. The number of amides is 2. The lowest BCUT2D eigenvalue weighted by molar-refractivity contribution is -0.140. The molecule has 0 spiro atoms. The highest BCUT2D eigenvalue weighted by atomic mass is 32.2. The van der Waals surface area contributed by atoms with E-state index in [1.807, 2.05) is 86.6 Å². The van der Waals surface area contributed by atoms with Crippen LogP contribution in [0.1, 0.15) is 47.9 Å². The van der Waals surface area contributed by atoms with E-state index < -0.39 is 28.5 Å². The van der Waals surface area contributed by atoms with Gasteiger partial charge in [-0.25, -0.2) is 8.42 Å². The maximum absolute atomic E-state index is 14.5. The molecule has 8 heteroatoms. The minimum Gasteiger partial charge on any atom is -0.352 e. The van der Waals surface area contributed by atoms with Gasteiger partial charge in [-0.15, -0.1) is 0 Å². The molecule has 1 N–H and O–H groups in total. The summed E-state index contributed by atoms with van der Waals surface area (Å²) in [6, 6.07) is 32.1. The maximum Gasteiger partial charge on any atom is 0.264 e. The average molecular weight is 624 g/mol. The number of hydrogen-bond acceptors (Lipinski definition) is 4. The molecule has 0 radical (unpaired) electrons. The minimum absolute atomic E-state index is 0.0652. The lowest BCUT2D eigenvalue weighted by atomic mass is 10.0. The van der Waals surface area contributed by atoms with Gasteiger partial charge in [0.2, 0.25) is 11.8 Å². The number of sulfonamides is 1. The van der Waals surface area contributed by atoms with Crippen molar-refractivity contribution in [3.8, 4) is 0 Å². The molecule has 1 atom stereocenters. The number of anilines is 1. The largest absolute Gasteiger partial charge is 0.352 e. The van der Waals surface area contributed by atoms with Crippen molar-refractivity contribution in [1.82, 2.24) is 10.2 Å². The molecule has 2 amide bonds. The quantitative estimate of drug-likeness (QED) is 0.204. The van der Waals surface area contributed by atoms with E-state index in [2.05, 4.69) is 5.32 Å². The first-order chi connectivity index (χ1) is 21.7. The lowest BCUT2D eigenvalue weighted by Gasteiger charge is -2.34. The molecule has 7 nitrogen and oxygen atoms in total. The smallest absolute Gasteiger partial charge is 0.264 e. The monoisotopic (exact) mass is 623 g/mol. The highest BCUT2D eigenvalue weighted by Gasteiger charge is 2.35. The van der Waals surface area contributed by atoms with Crippen LogP contribution in [0.3, 0.4) is 0 Å². The normalized spacial score (nSPS) is 14.1. The summed E-state index contributed by atoms with van der Waals surface area (Å²) in [5.74, 6) is -0.684. The molecule has 5 rings (SSSR count). The molecule has 4 aromatic carbocycles. The summed E-state index contributed by atoms with van der Waals surface area (Å²) in [4.78, 5) is 30.2. The van der Waals surface area contributed by atoms with Crippen LogP contribution in [0.4, 0.5) is 5.69 Å². The van der Waals surface area contributed by atoms with Crippen LogP contribution in [0, 0.1) is 13.8 Å². The van der Waals surface area contributed by atoms with Crippen molar-refractivity contribution in [2.45, 2.75) is 69.5 Å². The van der Waals surface area contributed by atoms with Crippen LogP contribution in [0.15, 0.2) is 114 Å². The van der Waals surface area contributed by atoms with E-state index >= 15 is 0 Å². The van der Waals surface area contributed by atoms with Gasteiger partial charge in [0, 0.05) is 19.0 Å². The Morgan fingerprint density at radius 1 is 0.756 bits per heavy atom. The molecule has 0 unspecified atom stereocenters. The average Bonchev–Trinajstić information content (AvgIpc) is 3.56. The Morgan fingerprint density at radius 2 is 1.29 bits per heavy atom. The fourth-order valence-electron chi connectivity index (χ4n) is 5.78. The Kier molecular flexibility index (Phi) is 10.4. The van der Waals surface area contributed by atoms with Gasteiger partial charge in [0.15, 0.2) is 0 Å². The molecule has 4 aromatic rings. The standard InChI is InChI=1S/C37H41N3O4S/c1-28-17-21-33(22-18-28)40(45(43,44)34-23-19-29(2)20-24-34)27-36(41)39(26-31-13-7-4-8-14-31)35(25-30-11-5-3-6-12-30)37(42)38-32-15-9-10-16-32/h3-8,11-14,17-24,32,35H,9-10,15-16,25-27H2,1-2H3,(H,38,42)/t35-/m1/s1. The van der Waals surface area contributed by atoms with Crippen LogP contribution in [-0.4, -0.2) is 43.8 Å². The van der Waals surface area contributed by atoms with Crippen molar-refractivity contribution in [3.63, 3.8) is 0 Å². The topological polar surface area (TPSA) is 86.8 Å². The Balaban J connectivity index is 1.55. The molecule has 1 fully saturated rings. The van der Waals surface area contributed by atoms with E-state index in [0.29, 0.717) is 12.1 Å². The van der Waals surface area contributed by atoms with Crippen LogP contribution in [0.25, 0.3) is 0 Å². The summed E-state index contributed by atoms with van der Waals surface area (Å²) in [5.41, 5.74) is 4.04. The lowest BCUT2D eigenvalue weighted by Crippen LogP contribution is -2.54. The van der Waals surface area contributed by atoms with Gasteiger partial charge in [-0.1, -0.05) is 109 Å². The molecule has 0 heterocycles. The molecule has 234 valence electrons. The number of hydrogen-bond donors (Lipinski definition) is 1. The van der Waals surface area contributed by atoms with Crippen molar-refractivity contribution in [1.29, 1.82) is 0 Å². The molecular weight excluding hydrogens is 582 g/mol. The Morgan fingerprint density at radius 3 is 1.87 bits per heavy atom. The van der Waals surface area contributed by atoms with Gasteiger partial charge in [0.25, 0.3) is 10.0 Å². The number of rotatable bonds is 12. The van der Waals surface area contributed by atoms with Crippen molar-refractivity contribution in [3.05, 3.63) is 131 Å². The van der Waals surface area contributed by atoms with Gasteiger partial charge in [0.05, 0.1) is 10.6 Å². The number of nitrogens with one attached hydrogen (secondary N) is 1. The predicted molar refractivity (Wildman–Crippen MR) is 178 cm³/mol. The van der Waals surface area contributed by atoms with Crippen molar-refractivity contribution < 1.29 is 18.0 Å². The van der Waals surface area contributed by atoms with Gasteiger partial charge in [-0.2, -0.15) is 0 Å².